The summed E-state index contributed by atoms with van der Waals surface area (Å²) in [5.41, 5.74) is 0.183. The van der Waals surface area contributed by atoms with Gasteiger partial charge in [0, 0.05) is 43.0 Å². The van der Waals surface area contributed by atoms with Gasteiger partial charge in [0.1, 0.15) is 17.1 Å². The summed E-state index contributed by atoms with van der Waals surface area (Å²) in [6.45, 7) is 6.54. The van der Waals surface area contributed by atoms with E-state index in [9.17, 15) is 4.79 Å². The molecule has 30 heavy (non-hydrogen) atoms. The van der Waals surface area contributed by atoms with Crippen molar-refractivity contribution in [1.29, 1.82) is 0 Å². The summed E-state index contributed by atoms with van der Waals surface area (Å²) in [4.78, 5) is 17.3. The van der Waals surface area contributed by atoms with E-state index < -0.39 is 0 Å². The molecule has 6 heteroatoms. The fourth-order valence-electron chi connectivity index (χ4n) is 3.98. The quantitative estimate of drug-likeness (QED) is 0.320. The maximum Gasteiger partial charge on any atom is 0.344 e. The van der Waals surface area contributed by atoms with Crippen LogP contribution in [0.25, 0.3) is 21.7 Å². The molecule has 0 atom stereocenters. The number of rotatable bonds is 8. The highest BCUT2D eigenvalue weighted by Gasteiger charge is 2.13. The SMILES string of the molecule is COc1ccc2c(c1)c(=O)oc1cc(OCCCCCN3CCN(C)CC3)ccc12. The van der Waals surface area contributed by atoms with Gasteiger partial charge in [0.25, 0.3) is 0 Å². The van der Waals surface area contributed by atoms with Crippen molar-refractivity contribution < 1.29 is 13.9 Å². The molecule has 0 aliphatic carbocycles. The van der Waals surface area contributed by atoms with Crippen LogP contribution in [0, 0.1) is 0 Å². The van der Waals surface area contributed by atoms with Crippen LogP contribution in [-0.2, 0) is 0 Å². The second-order valence-electron chi connectivity index (χ2n) is 8.01. The fourth-order valence-corrected chi connectivity index (χ4v) is 3.98. The van der Waals surface area contributed by atoms with Crippen LogP contribution in [0.1, 0.15) is 19.3 Å². The molecule has 0 N–H and O–H groups in total. The molecule has 2 aromatic carbocycles. The van der Waals surface area contributed by atoms with Gasteiger partial charge in [0.2, 0.25) is 0 Å². The minimum atomic E-state index is -0.363. The van der Waals surface area contributed by atoms with Gasteiger partial charge in [-0.2, -0.15) is 0 Å². The summed E-state index contributed by atoms with van der Waals surface area (Å²) in [6, 6.07) is 11.2. The van der Waals surface area contributed by atoms with Gasteiger partial charge in [0.05, 0.1) is 19.1 Å². The first-order chi connectivity index (χ1) is 14.6. The first-order valence-electron chi connectivity index (χ1n) is 10.7. The van der Waals surface area contributed by atoms with Crippen molar-refractivity contribution in [2.24, 2.45) is 0 Å². The van der Waals surface area contributed by atoms with Crippen LogP contribution in [0.4, 0.5) is 0 Å². The molecule has 0 saturated carbocycles. The molecule has 0 radical (unpaired) electrons. The van der Waals surface area contributed by atoms with Gasteiger partial charge in [-0.3, -0.25) is 0 Å². The smallest absolute Gasteiger partial charge is 0.344 e. The Kier molecular flexibility index (Phi) is 6.55. The van der Waals surface area contributed by atoms with E-state index in [2.05, 4.69) is 16.8 Å². The second-order valence-corrected chi connectivity index (χ2v) is 8.01. The summed E-state index contributed by atoms with van der Waals surface area (Å²) < 4.78 is 16.7. The van der Waals surface area contributed by atoms with Gasteiger partial charge < -0.3 is 23.7 Å². The Balaban J connectivity index is 1.31. The Morgan fingerprint density at radius 1 is 0.900 bits per heavy atom. The van der Waals surface area contributed by atoms with Crippen LogP contribution in [0.5, 0.6) is 11.5 Å². The van der Waals surface area contributed by atoms with E-state index in [1.807, 2.05) is 30.3 Å². The highest BCUT2D eigenvalue weighted by molar-refractivity contribution is 6.04. The molecule has 1 aromatic heterocycles. The van der Waals surface area contributed by atoms with Crippen molar-refractivity contribution in [1.82, 2.24) is 9.80 Å². The van der Waals surface area contributed by atoms with Crippen LogP contribution in [0.15, 0.2) is 45.6 Å². The van der Waals surface area contributed by atoms with E-state index in [0.717, 1.165) is 29.4 Å². The van der Waals surface area contributed by atoms with Crippen LogP contribution in [0.3, 0.4) is 0 Å². The summed E-state index contributed by atoms with van der Waals surface area (Å²) in [5.74, 6) is 1.37. The Morgan fingerprint density at radius 2 is 1.67 bits per heavy atom. The predicted molar refractivity (Wildman–Crippen MR) is 120 cm³/mol. The van der Waals surface area contributed by atoms with E-state index in [0.29, 0.717) is 23.3 Å². The van der Waals surface area contributed by atoms with E-state index in [-0.39, 0.29) is 5.63 Å². The number of ether oxygens (including phenoxy) is 2. The Labute approximate surface area is 177 Å². The first-order valence-corrected chi connectivity index (χ1v) is 10.7. The number of methoxy groups -OCH3 is 1. The summed E-state index contributed by atoms with van der Waals surface area (Å²) in [5, 5.41) is 2.28. The molecule has 1 aliphatic rings. The van der Waals surface area contributed by atoms with Gasteiger partial charge in [-0.05, 0) is 63.2 Å². The van der Waals surface area contributed by atoms with Crippen molar-refractivity contribution in [3.05, 3.63) is 46.8 Å². The number of fused-ring (bicyclic) bond motifs is 3. The van der Waals surface area contributed by atoms with Crippen molar-refractivity contribution >= 4 is 21.7 Å². The molecule has 3 aromatic rings. The molecule has 0 unspecified atom stereocenters. The zero-order valence-electron chi connectivity index (χ0n) is 17.9. The molecule has 0 spiro atoms. The molecule has 0 amide bonds. The lowest BCUT2D eigenvalue weighted by Crippen LogP contribution is -2.44. The first kappa shape index (κ1) is 20.7. The summed E-state index contributed by atoms with van der Waals surface area (Å²) in [7, 11) is 3.77. The van der Waals surface area contributed by atoms with E-state index >= 15 is 0 Å². The molecule has 1 fully saturated rings. The maximum absolute atomic E-state index is 12.4. The number of nitrogens with zero attached hydrogens (tertiary/aromatic N) is 2. The van der Waals surface area contributed by atoms with Crippen LogP contribution in [0.2, 0.25) is 0 Å². The fraction of sp³-hybridized carbons (Fsp3) is 0.458. The topological polar surface area (TPSA) is 55.2 Å². The van der Waals surface area contributed by atoms with Crippen molar-refractivity contribution in [3.8, 4) is 11.5 Å². The number of benzene rings is 2. The van der Waals surface area contributed by atoms with Crippen molar-refractivity contribution in [2.45, 2.75) is 19.3 Å². The van der Waals surface area contributed by atoms with Gasteiger partial charge in [0.15, 0.2) is 0 Å². The summed E-state index contributed by atoms with van der Waals surface area (Å²) >= 11 is 0. The third-order valence-corrected chi connectivity index (χ3v) is 5.88. The Hall–Kier alpha value is -2.57. The minimum Gasteiger partial charge on any atom is -0.497 e. The van der Waals surface area contributed by atoms with Crippen LogP contribution < -0.4 is 15.1 Å². The van der Waals surface area contributed by atoms with E-state index in [4.69, 9.17) is 13.9 Å². The Morgan fingerprint density at radius 3 is 2.47 bits per heavy atom. The number of hydrogen-bond donors (Lipinski definition) is 0. The van der Waals surface area contributed by atoms with Crippen LogP contribution >= 0.6 is 0 Å². The molecule has 1 saturated heterocycles. The van der Waals surface area contributed by atoms with Crippen molar-refractivity contribution in [2.75, 3.05) is 53.5 Å². The van der Waals surface area contributed by atoms with Gasteiger partial charge >= 0.3 is 5.63 Å². The average molecular weight is 411 g/mol. The van der Waals surface area contributed by atoms with Gasteiger partial charge in [-0.15, -0.1) is 0 Å². The second kappa shape index (κ2) is 9.49. The normalized spacial score (nSPS) is 15.7. The maximum atomic E-state index is 12.4. The van der Waals surface area contributed by atoms with Gasteiger partial charge in [-0.1, -0.05) is 0 Å². The zero-order valence-corrected chi connectivity index (χ0v) is 17.9. The lowest BCUT2D eigenvalue weighted by atomic mass is 10.1. The lowest BCUT2D eigenvalue weighted by molar-refractivity contribution is 0.151. The molecular weight excluding hydrogens is 380 g/mol. The third kappa shape index (κ3) is 4.77. The largest absolute Gasteiger partial charge is 0.497 e. The average Bonchev–Trinajstić information content (AvgIpc) is 2.77. The highest BCUT2D eigenvalue weighted by atomic mass is 16.5. The number of piperazine rings is 1. The number of unbranched alkanes of at least 4 members (excludes halogenated alkanes) is 2. The highest BCUT2D eigenvalue weighted by Crippen LogP contribution is 2.28. The molecule has 0 bridgehead atoms. The molecule has 4 rings (SSSR count). The molecule has 2 heterocycles. The van der Waals surface area contributed by atoms with Gasteiger partial charge in [-0.25, -0.2) is 4.79 Å². The molecular formula is C24H30N2O4. The lowest BCUT2D eigenvalue weighted by Gasteiger charge is -2.32. The summed E-state index contributed by atoms with van der Waals surface area (Å²) in [6.07, 6.45) is 3.38. The standard InChI is InChI=1S/C24H30N2O4/c1-25-11-13-26(14-12-25)10-4-3-5-15-29-19-7-9-21-20-8-6-18(28-2)16-22(20)24(27)30-23(21)17-19/h6-9,16-17H,3-5,10-15H2,1-2H3. The van der Waals surface area contributed by atoms with E-state index in [1.165, 1.54) is 39.1 Å². The van der Waals surface area contributed by atoms with Crippen LogP contribution in [-0.4, -0.2) is 63.3 Å². The third-order valence-electron chi connectivity index (χ3n) is 5.88. The zero-order chi connectivity index (χ0) is 20.9. The monoisotopic (exact) mass is 410 g/mol. The van der Waals surface area contributed by atoms with Crippen molar-refractivity contribution in [3.63, 3.8) is 0 Å². The number of likely N-dealkylation sites (N-methyl/N-ethyl adjacent to an activating group) is 1. The molecule has 160 valence electrons. The van der Waals surface area contributed by atoms with E-state index in [1.54, 1.807) is 13.2 Å². The molecule has 1 aliphatic heterocycles. The minimum absolute atomic E-state index is 0.363. The predicted octanol–water partition coefficient (Wildman–Crippen LogP) is 3.75. The number of hydrogen-bond acceptors (Lipinski definition) is 6. The molecule has 6 nitrogen and oxygen atoms in total. The Bertz CT molecular complexity index is 1050.